The fourth-order valence-corrected chi connectivity index (χ4v) is 2.88. The molecule has 0 amide bonds. The Morgan fingerprint density at radius 1 is 0.839 bits per heavy atom. The van der Waals surface area contributed by atoms with Gasteiger partial charge in [-0.05, 0) is 73.9 Å². The molecule has 0 spiro atoms. The van der Waals surface area contributed by atoms with Crippen molar-refractivity contribution in [3.8, 4) is 22.6 Å². The van der Waals surface area contributed by atoms with E-state index < -0.39 is 0 Å². The number of unbranched alkanes of at least 4 members (excludes halogenated alkanes) is 3. The molecule has 4 heteroatoms. The number of ether oxygens (including phenoxy) is 3. The van der Waals surface area contributed by atoms with Crippen LogP contribution in [0.2, 0.25) is 0 Å². The van der Waals surface area contributed by atoms with Crippen LogP contribution in [0.1, 0.15) is 52.9 Å². The van der Waals surface area contributed by atoms with Crippen LogP contribution in [0.5, 0.6) is 11.5 Å². The number of hydrogen-bond acceptors (Lipinski definition) is 4. The normalized spacial score (nSPS) is 11.6. The van der Waals surface area contributed by atoms with Gasteiger partial charge in [-0.15, -0.1) is 0 Å². The predicted molar refractivity (Wildman–Crippen MR) is 127 cm³/mol. The Hall–Kier alpha value is -2.75. The van der Waals surface area contributed by atoms with Gasteiger partial charge in [0.2, 0.25) is 0 Å². The lowest BCUT2D eigenvalue weighted by atomic mass is 10.1. The van der Waals surface area contributed by atoms with Gasteiger partial charge in [0.25, 0.3) is 0 Å². The van der Waals surface area contributed by atoms with Gasteiger partial charge >= 0.3 is 5.97 Å². The van der Waals surface area contributed by atoms with Crippen molar-refractivity contribution in [2.75, 3.05) is 19.8 Å². The number of carbonyl (C=O) groups excluding carboxylic acids is 1. The van der Waals surface area contributed by atoms with Gasteiger partial charge < -0.3 is 14.2 Å². The van der Waals surface area contributed by atoms with E-state index in [0.717, 1.165) is 61.3 Å². The van der Waals surface area contributed by atoms with Gasteiger partial charge in [0, 0.05) is 5.57 Å². The second-order valence-electron chi connectivity index (χ2n) is 8.05. The fourth-order valence-electron chi connectivity index (χ4n) is 2.88. The van der Waals surface area contributed by atoms with E-state index in [4.69, 9.17) is 14.2 Å². The van der Waals surface area contributed by atoms with E-state index in [0.29, 0.717) is 24.7 Å². The Bertz CT molecular complexity index is 793. The molecule has 1 atom stereocenters. The summed E-state index contributed by atoms with van der Waals surface area (Å²) in [5.41, 5.74) is 2.77. The zero-order chi connectivity index (χ0) is 22.5. The average molecular weight is 425 g/mol. The minimum absolute atomic E-state index is 0.308. The largest absolute Gasteiger partial charge is 0.494 e. The molecule has 0 aliphatic rings. The summed E-state index contributed by atoms with van der Waals surface area (Å²) in [5.74, 6) is 2.06. The molecule has 31 heavy (non-hydrogen) atoms. The molecule has 0 fully saturated rings. The number of hydrogen-bond donors (Lipinski definition) is 0. The van der Waals surface area contributed by atoms with Crippen molar-refractivity contribution in [1.82, 2.24) is 0 Å². The van der Waals surface area contributed by atoms with Crippen LogP contribution in [0.4, 0.5) is 0 Å². The van der Waals surface area contributed by atoms with E-state index >= 15 is 0 Å². The van der Waals surface area contributed by atoms with Crippen molar-refractivity contribution in [3.63, 3.8) is 0 Å². The van der Waals surface area contributed by atoms with Gasteiger partial charge in [-0.25, -0.2) is 4.79 Å². The summed E-state index contributed by atoms with van der Waals surface area (Å²) in [6.45, 7) is 11.5. The van der Waals surface area contributed by atoms with Crippen molar-refractivity contribution < 1.29 is 19.0 Å². The quantitative estimate of drug-likeness (QED) is 0.189. The molecular formula is C27H36O4. The monoisotopic (exact) mass is 424 g/mol. The zero-order valence-corrected chi connectivity index (χ0v) is 19.2. The molecule has 0 radical (unpaired) electrons. The highest BCUT2D eigenvalue weighted by Gasteiger charge is 2.04. The third-order valence-electron chi connectivity index (χ3n) is 5.16. The maximum absolute atomic E-state index is 11.3. The molecule has 0 bridgehead atoms. The molecule has 1 unspecified atom stereocenters. The molecule has 2 aromatic rings. The van der Waals surface area contributed by atoms with E-state index in [9.17, 15) is 4.79 Å². The lowest BCUT2D eigenvalue weighted by molar-refractivity contribution is -0.139. The molecular weight excluding hydrogens is 388 g/mol. The standard InChI is InChI=1S/C27H36O4/c1-5-22(4)20-31-26-16-12-24(13-17-26)23-10-14-25(15-11-23)29-18-8-6-7-9-19-30-27(28)21(2)3/h10-17,22H,2,5-9,18-20H2,1,3-4H3. The van der Waals surface area contributed by atoms with Crippen molar-refractivity contribution in [2.24, 2.45) is 5.92 Å². The molecule has 0 aliphatic heterocycles. The third kappa shape index (κ3) is 9.29. The maximum Gasteiger partial charge on any atom is 0.333 e. The van der Waals surface area contributed by atoms with Crippen LogP contribution in [0.15, 0.2) is 60.7 Å². The summed E-state index contributed by atoms with van der Waals surface area (Å²) in [6.07, 6.45) is 5.04. The summed E-state index contributed by atoms with van der Waals surface area (Å²) in [5, 5.41) is 0. The first-order valence-electron chi connectivity index (χ1n) is 11.3. The van der Waals surface area contributed by atoms with Crippen LogP contribution < -0.4 is 9.47 Å². The van der Waals surface area contributed by atoms with E-state index in [1.807, 2.05) is 24.3 Å². The summed E-state index contributed by atoms with van der Waals surface area (Å²) in [7, 11) is 0. The Morgan fingerprint density at radius 2 is 1.35 bits per heavy atom. The highest BCUT2D eigenvalue weighted by molar-refractivity contribution is 5.86. The lowest BCUT2D eigenvalue weighted by Gasteiger charge is -2.11. The van der Waals surface area contributed by atoms with Gasteiger partial charge in [-0.1, -0.05) is 51.1 Å². The summed E-state index contributed by atoms with van der Waals surface area (Å²) < 4.78 is 16.8. The van der Waals surface area contributed by atoms with Gasteiger partial charge in [0.15, 0.2) is 0 Å². The van der Waals surface area contributed by atoms with Gasteiger partial charge in [-0.2, -0.15) is 0 Å². The molecule has 0 heterocycles. The van der Waals surface area contributed by atoms with Gasteiger partial charge in [-0.3, -0.25) is 0 Å². The molecule has 0 saturated heterocycles. The number of carbonyl (C=O) groups is 1. The van der Waals surface area contributed by atoms with E-state index in [1.165, 1.54) is 0 Å². The average Bonchev–Trinajstić information content (AvgIpc) is 2.79. The number of rotatable bonds is 14. The maximum atomic E-state index is 11.3. The molecule has 2 aromatic carbocycles. The molecule has 0 saturated carbocycles. The van der Waals surface area contributed by atoms with E-state index in [2.05, 4.69) is 44.7 Å². The number of esters is 1. The predicted octanol–water partition coefficient (Wildman–Crippen LogP) is 6.84. The Morgan fingerprint density at radius 3 is 1.87 bits per heavy atom. The van der Waals surface area contributed by atoms with Crippen molar-refractivity contribution >= 4 is 5.97 Å². The SMILES string of the molecule is C=C(C)C(=O)OCCCCCCOc1ccc(-c2ccc(OCC(C)CC)cc2)cc1. The summed E-state index contributed by atoms with van der Waals surface area (Å²) in [6, 6.07) is 16.4. The Kier molecular flexibility index (Phi) is 10.7. The van der Waals surface area contributed by atoms with Crippen LogP contribution in [0, 0.1) is 5.92 Å². The second-order valence-corrected chi connectivity index (χ2v) is 8.05. The molecule has 0 N–H and O–H groups in total. The third-order valence-corrected chi connectivity index (χ3v) is 5.16. The molecule has 0 aliphatic carbocycles. The smallest absolute Gasteiger partial charge is 0.333 e. The van der Waals surface area contributed by atoms with Crippen LogP contribution in [-0.4, -0.2) is 25.8 Å². The summed E-state index contributed by atoms with van der Waals surface area (Å²) in [4.78, 5) is 11.3. The van der Waals surface area contributed by atoms with Gasteiger partial charge in [0.05, 0.1) is 19.8 Å². The Balaban J connectivity index is 1.65. The lowest BCUT2D eigenvalue weighted by Crippen LogP contribution is -2.06. The van der Waals surface area contributed by atoms with Crippen LogP contribution >= 0.6 is 0 Å². The van der Waals surface area contributed by atoms with Crippen LogP contribution in [-0.2, 0) is 9.53 Å². The van der Waals surface area contributed by atoms with Crippen molar-refractivity contribution in [1.29, 1.82) is 0 Å². The number of benzene rings is 2. The highest BCUT2D eigenvalue weighted by Crippen LogP contribution is 2.25. The first-order chi connectivity index (χ1) is 15.0. The molecule has 168 valence electrons. The van der Waals surface area contributed by atoms with Gasteiger partial charge in [0.1, 0.15) is 11.5 Å². The van der Waals surface area contributed by atoms with Crippen molar-refractivity contribution in [2.45, 2.75) is 52.9 Å². The minimum Gasteiger partial charge on any atom is -0.494 e. The summed E-state index contributed by atoms with van der Waals surface area (Å²) >= 11 is 0. The first-order valence-corrected chi connectivity index (χ1v) is 11.3. The molecule has 2 rings (SSSR count). The Labute approximate surface area is 187 Å². The van der Waals surface area contributed by atoms with Crippen molar-refractivity contribution in [3.05, 3.63) is 60.7 Å². The zero-order valence-electron chi connectivity index (χ0n) is 19.2. The highest BCUT2D eigenvalue weighted by atomic mass is 16.5. The molecule has 4 nitrogen and oxygen atoms in total. The second kappa shape index (κ2) is 13.5. The topological polar surface area (TPSA) is 44.8 Å². The molecule has 0 aromatic heterocycles. The van der Waals surface area contributed by atoms with Crippen LogP contribution in [0.3, 0.4) is 0 Å². The van der Waals surface area contributed by atoms with Crippen LogP contribution in [0.25, 0.3) is 11.1 Å². The van der Waals surface area contributed by atoms with E-state index in [1.54, 1.807) is 6.92 Å². The minimum atomic E-state index is -0.308. The first kappa shape index (κ1) is 24.5. The van der Waals surface area contributed by atoms with E-state index in [-0.39, 0.29) is 5.97 Å². The fraction of sp³-hybridized carbons (Fsp3) is 0.444.